The Labute approximate surface area is 119 Å². The molecular weight excluding hydrogens is 238 g/mol. The Kier molecular flexibility index (Phi) is 8.41. The summed E-state index contributed by atoms with van der Waals surface area (Å²) in [5.41, 5.74) is 0. The summed E-state index contributed by atoms with van der Waals surface area (Å²) in [6.45, 7) is 10.4. The van der Waals surface area contributed by atoms with E-state index >= 15 is 0 Å². The molecule has 0 saturated heterocycles. The van der Waals surface area contributed by atoms with Gasteiger partial charge < -0.3 is 5.32 Å². The predicted octanol–water partition coefficient (Wildman–Crippen LogP) is 4.71. The van der Waals surface area contributed by atoms with Gasteiger partial charge in [0.05, 0.1) is 0 Å². The zero-order chi connectivity index (χ0) is 13.4. The number of nitrogens with one attached hydrogen (secondary N) is 1. The highest BCUT2D eigenvalue weighted by Crippen LogP contribution is 2.33. The molecule has 0 aromatic heterocycles. The van der Waals surface area contributed by atoms with Gasteiger partial charge in [-0.15, -0.1) is 0 Å². The smallest absolute Gasteiger partial charge is 0.0186 e. The van der Waals surface area contributed by atoms with Gasteiger partial charge >= 0.3 is 0 Å². The summed E-state index contributed by atoms with van der Waals surface area (Å²) in [7, 11) is 0. The van der Waals surface area contributed by atoms with Crippen LogP contribution in [0, 0.1) is 11.8 Å². The lowest BCUT2D eigenvalue weighted by Crippen LogP contribution is -2.40. The molecule has 1 unspecified atom stereocenters. The molecule has 0 aliphatic heterocycles. The van der Waals surface area contributed by atoms with Crippen LogP contribution in [0.4, 0.5) is 0 Å². The van der Waals surface area contributed by atoms with Crippen LogP contribution in [-0.4, -0.2) is 23.6 Å². The van der Waals surface area contributed by atoms with E-state index in [4.69, 9.17) is 0 Å². The molecule has 0 spiro atoms. The van der Waals surface area contributed by atoms with Crippen molar-refractivity contribution in [2.24, 2.45) is 11.8 Å². The van der Waals surface area contributed by atoms with E-state index in [0.717, 1.165) is 23.1 Å². The largest absolute Gasteiger partial charge is 0.313 e. The van der Waals surface area contributed by atoms with Gasteiger partial charge in [0.25, 0.3) is 0 Å². The first kappa shape index (κ1) is 16.4. The average molecular weight is 272 g/mol. The summed E-state index contributed by atoms with van der Waals surface area (Å²) in [6.07, 6.45) is 8.50. The third kappa shape index (κ3) is 5.97. The number of thioether (sulfide) groups is 1. The van der Waals surface area contributed by atoms with Crippen LogP contribution < -0.4 is 5.32 Å². The molecule has 1 saturated carbocycles. The molecule has 1 nitrogen and oxygen atoms in total. The number of rotatable bonds is 8. The van der Waals surface area contributed by atoms with Crippen LogP contribution >= 0.6 is 11.8 Å². The normalized spacial score (nSPS) is 26.5. The van der Waals surface area contributed by atoms with Gasteiger partial charge in [-0.3, -0.25) is 0 Å². The summed E-state index contributed by atoms with van der Waals surface area (Å²) in [5, 5.41) is 4.57. The van der Waals surface area contributed by atoms with Gasteiger partial charge in [-0.25, -0.2) is 0 Å². The fourth-order valence-electron chi connectivity index (χ4n) is 2.99. The SMILES string of the molecule is CCCNC(CSC(C)C)C1CCC(CC)CC1. The van der Waals surface area contributed by atoms with Crippen molar-refractivity contribution >= 4 is 11.8 Å². The molecule has 1 atom stereocenters. The molecule has 1 fully saturated rings. The van der Waals surface area contributed by atoms with E-state index in [-0.39, 0.29) is 0 Å². The van der Waals surface area contributed by atoms with Crippen molar-refractivity contribution in [1.82, 2.24) is 5.32 Å². The molecule has 2 heteroatoms. The van der Waals surface area contributed by atoms with Gasteiger partial charge in [-0.1, -0.05) is 47.0 Å². The van der Waals surface area contributed by atoms with Crippen LogP contribution in [0.2, 0.25) is 0 Å². The lowest BCUT2D eigenvalue weighted by atomic mass is 9.78. The highest BCUT2D eigenvalue weighted by molar-refractivity contribution is 7.99. The van der Waals surface area contributed by atoms with Crippen LogP contribution in [0.25, 0.3) is 0 Å². The first-order valence-electron chi connectivity index (χ1n) is 8.02. The third-order valence-corrected chi connectivity index (χ3v) is 5.52. The summed E-state index contributed by atoms with van der Waals surface area (Å²) < 4.78 is 0. The van der Waals surface area contributed by atoms with E-state index in [9.17, 15) is 0 Å². The quantitative estimate of drug-likeness (QED) is 0.686. The van der Waals surface area contributed by atoms with Crippen LogP contribution in [0.5, 0.6) is 0 Å². The third-order valence-electron chi connectivity index (χ3n) is 4.30. The molecule has 1 aliphatic carbocycles. The Balaban J connectivity index is 2.38. The van der Waals surface area contributed by atoms with E-state index in [2.05, 4.69) is 44.8 Å². The standard InChI is InChI=1S/C16H33NS/c1-5-11-17-16(12-18-13(3)4)15-9-7-14(6-2)8-10-15/h13-17H,5-12H2,1-4H3. The number of hydrogen-bond acceptors (Lipinski definition) is 2. The minimum absolute atomic E-state index is 0.759. The van der Waals surface area contributed by atoms with E-state index in [1.165, 1.54) is 50.8 Å². The zero-order valence-electron chi connectivity index (χ0n) is 12.9. The van der Waals surface area contributed by atoms with Crippen molar-refractivity contribution in [1.29, 1.82) is 0 Å². The lowest BCUT2D eigenvalue weighted by Gasteiger charge is -2.34. The second-order valence-electron chi connectivity index (χ2n) is 6.13. The summed E-state index contributed by atoms with van der Waals surface area (Å²) in [5.74, 6) is 3.26. The minimum Gasteiger partial charge on any atom is -0.313 e. The van der Waals surface area contributed by atoms with Crippen LogP contribution in [0.1, 0.15) is 66.2 Å². The summed E-state index contributed by atoms with van der Waals surface area (Å²) in [6, 6.07) is 0.759. The van der Waals surface area contributed by atoms with Crippen LogP contribution in [0.3, 0.4) is 0 Å². The molecule has 108 valence electrons. The molecule has 1 rings (SSSR count). The number of hydrogen-bond donors (Lipinski definition) is 1. The molecule has 0 aromatic rings. The monoisotopic (exact) mass is 271 g/mol. The molecule has 0 radical (unpaired) electrons. The van der Waals surface area contributed by atoms with Crippen molar-refractivity contribution in [3.05, 3.63) is 0 Å². The van der Waals surface area contributed by atoms with Crippen molar-refractivity contribution in [2.75, 3.05) is 12.3 Å². The second-order valence-corrected chi connectivity index (χ2v) is 7.74. The topological polar surface area (TPSA) is 12.0 Å². The van der Waals surface area contributed by atoms with E-state index < -0.39 is 0 Å². The molecule has 0 amide bonds. The minimum atomic E-state index is 0.759. The Bertz CT molecular complexity index is 197. The molecule has 0 bridgehead atoms. The van der Waals surface area contributed by atoms with Gasteiger partial charge in [0.1, 0.15) is 0 Å². The van der Waals surface area contributed by atoms with Crippen LogP contribution in [-0.2, 0) is 0 Å². The summed E-state index contributed by atoms with van der Waals surface area (Å²) in [4.78, 5) is 0. The lowest BCUT2D eigenvalue weighted by molar-refractivity contribution is 0.228. The van der Waals surface area contributed by atoms with E-state index in [1.54, 1.807) is 0 Å². The molecular formula is C16H33NS. The Hall–Kier alpha value is 0.310. The Morgan fingerprint density at radius 1 is 1.11 bits per heavy atom. The Morgan fingerprint density at radius 3 is 2.28 bits per heavy atom. The highest BCUT2D eigenvalue weighted by atomic mass is 32.2. The average Bonchev–Trinajstić information content (AvgIpc) is 2.39. The van der Waals surface area contributed by atoms with E-state index in [0.29, 0.717) is 0 Å². The van der Waals surface area contributed by atoms with Gasteiger partial charge in [0, 0.05) is 11.8 Å². The first-order valence-corrected chi connectivity index (χ1v) is 9.07. The summed E-state index contributed by atoms with van der Waals surface area (Å²) >= 11 is 2.13. The second kappa shape index (κ2) is 9.25. The molecule has 1 N–H and O–H groups in total. The van der Waals surface area contributed by atoms with Crippen molar-refractivity contribution in [2.45, 2.75) is 77.5 Å². The zero-order valence-corrected chi connectivity index (χ0v) is 13.7. The van der Waals surface area contributed by atoms with Gasteiger partial charge in [-0.05, 0) is 42.9 Å². The van der Waals surface area contributed by atoms with Crippen molar-refractivity contribution in [3.63, 3.8) is 0 Å². The first-order chi connectivity index (χ1) is 8.67. The van der Waals surface area contributed by atoms with E-state index in [1.807, 2.05) is 0 Å². The Morgan fingerprint density at radius 2 is 1.78 bits per heavy atom. The van der Waals surface area contributed by atoms with Gasteiger partial charge in [0.2, 0.25) is 0 Å². The van der Waals surface area contributed by atoms with Gasteiger partial charge in [-0.2, -0.15) is 11.8 Å². The van der Waals surface area contributed by atoms with Gasteiger partial charge in [0.15, 0.2) is 0 Å². The van der Waals surface area contributed by atoms with Crippen molar-refractivity contribution in [3.8, 4) is 0 Å². The fourth-order valence-corrected chi connectivity index (χ4v) is 3.97. The maximum Gasteiger partial charge on any atom is 0.0186 e. The highest BCUT2D eigenvalue weighted by Gasteiger charge is 2.26. The molecule has 0 aromatic carbocycles. The molecule has 18 heavy (non-hydrogen) atoms. The maximum atomic E-state index is 3.81. The maximum absolute atomic E-state index is 3.81. The van der Waals surface area contributed by atoms with Crippen LogP contribution in [0.15, 0.2) is 0 Å². The van der Waals surface area contributed by atoms with Crippen molar-refractivity contribution < 1.29 is 0 Å². The predicted molar refractivity (Wildman–Crippen MR) is 85.4 cm³/mol. The fraction of sp³-hybridized carbons (Fsp3) is 1.00. The molecule has 0 heterocycles. The molecule has 1 aliphatic rings.